The maximum Gasteiger partial charge on any atom is 0.144 e. The first-order valence-corrected chi connectivity index (χ1v) is 6.50. The Morgan fingerprint density at radius 3 is 2.74 bits per heavy atom. The van der Waals surface area contributed by atoms with Gasteiger partial charge in [-0.3, -0.25) is 0 Å². The van der Waals surface area contributed by atoms with E-state index in [9.17, 15) is 0 Å². The number of aryl methyl sites for hydroxylation is 1. The maximum atomic E-state index is 6.07. The Labute approximate surface area is 118 Å². The van der Waals surface area contributed by atoms with E-state index in [1.54, 1.807) is 7.11 Å². The molecular weight excluding hydrogens is 262 g/mol. The number of rotatable bonds is 4. The van der Waals surface area contributed by atoms with Crippen LogP contribution in [0.15, 0.2) is 18.2 Å². The minimum Gasteiger partial charge on any atom is -0.494 e. The van der Waals surface area contributed by atoms with E-state index in [1.807, 2.05) is 43.8 Å². The number of halogens is 1. The summed E-state index contributed by atoms with van der Waals surface area (Å²) in [4.78, 5) is 0. The molecule has 0 spiro atoms. The summed E-state index contributed by atoms with van der Waals surface area (Å²) in [7, 11) is 3.57. The number of hydrogen-bond donors (Lipinski definition) is 1. The van der Waals surface area contributed by atoms with E-state index in [0.29, 0.717) is 5.02 Å². The van der Waals surface area contributed by atoms with Gasteiger partial charge in [0.05, 0.1) is 12.8 Å². The fourth-order valence-electron chi connectivity index (χ4n) is 2.17. The van der Waals surface area contributed by atoms with Crippen LogP contribution in [-0.2, 0) is 6.54 Å². The monoisotopic (exact) mass is 279 g/mol. The van der Waals surface area contributed by atoms with Gasteiger partial charge < -0.3 is 10.1 Å². The van der Waals surface area contributed by atoms with Crippen LogP contribution >= 0.6 is 11.6 Å². The standard InChI is InChI=1S/C14H18ClN3O/c1-9-12(8-16-3)10(2)18(17-9)13-7-11(15)5-6-14(13)19-4/h5-7,16H,8H2,1-4H3. The highest BCUT2D eigenvalue weighted by Gasteiger charge is 2.15. The van der Waals surface area contributed by atoms with Crippen molar-refractivity contribution in [2.75, 3.05) is 14.2 Å². The molecule has 1 aromatic carbocycles. The second kappa shape index (κ2) is 5.63. The summed E-state index contributed by atoms with van der Waals surface area (Å²) < 4.78 is 7.27. The van der Waals surface area contributed by atoms with E-state index >= 15 is 0 Å². The van der Waals surface area contributed by atoms with Crippen molar-refractivity contribution in [2.45, 2.75) is 20.4 Å². The topological polar surface area (TPSA) is 39.1 Å². The van der Waals surface area contributed by atoms with E-state index in [1.165, 1.54) is 5.56 Å². The highest BCUT2D eigenvalue weighted by molar-refractivity contribution is 6.30. The number of nitrogens with one attached hydrogen (secondary N) is 1. The number of hydrogen-bond acceptors (Lipinski definition) is 3. The minimum atomic E-state index is 0.665. The molecule has 2 aromatic rings. The van der Waals surface area contributed by atoms with Crippen LogP contribution in [0.2, 0.25) is 5.02 Å². The summed E-state index contributed by atoms with van der Waals surface area (Å²) in [6.45, 7) is 4.85. The molecule has 102 valence electrons. The van der Waals surface area contributed by atoms with Crippen LogP contribution in [0.4, 0.5) is 0 Å². The molecule has 2 rings (SSSR count). The van der Waals surface area contributed by atoms with Gasteiger partial charge in [0, 0.05) is 22.8 Å². The fraction of sp³-hybridized carbons (Fsp3) is 0.357. The van der Waals surface area contributed by atoms with Gasteiger partial charge in [-0.05, 0) is 39.1 Å². The predicted octanol–water partition coefficient (Wildman–Crippen LogP) is 2.87. The third kappa shape index (κ3) is 2.60. The van der Waals surface area contributed by atoms with Crippen molar-refractivity contribution in [2.24, 2.45) is 0 Å². The summed E-state index contributed by atoms with van der Waals surface area (Å²) >= 11 is 6.07. The van der Waals surface area contributed by atoms with Crippen molar-refractivity contribution in [1.29, 1.82) is 0 Å². The number of benzene rings is 1. The molecule has 5 heteroatoms. The van der Waals surface area contributed by atoms with E-state index < -0.39 is 0 Å². The van der Waals surface area contributed by atoms with Gasteiger partial charge in [-0.2, -0.15) is 5.10 Å². The number of nitrogens with zero attached hydrogens (tertiary/aromatic N) is 2. The van der Waals surface area contributed by atoms with Crippen molar-refractivity contribution < 1.29 is 4.74 Å². The average Bonchev–Trinajstić information content (AvgIpc) is 2.67. The Morgan fingerprint density at radius 1 is 1.37 bits per heavy atom. The van der Waals surface area contributed by atoms with Gasteiger partial charge in [-0.15, -0.1) is 0 Å². The van der Waals surface area contributed by atoms with E-state index in [2.05, 4.69) is 10.4 Å². The summed E-state index contributed by atoms with van der Waals surface area (Å²) in [6, 6.07) is 5.53. The lowest BCUT2D eigenvalue weighted by molar-refractivity contribution is 0.411. The van der Waals surface area contributed by atoms with Crippen LogP contribution in [-0.4, -0.2) is 23.9 Å². The molecule has 1 aromatic heterocycles. The Kier molecular flexibility index (Phi) is 4.12. The maximum absolute atomic E-state index is 6.07. The van der Waals surface area contributed by atoms with Crippen LogP contribution in [0.5, 0.6) is 5.75 Å². The minimum absolute atomic E-state index is 0.665. The van der Waals surface area contributed by atoms with Gasteiger partial charge >= 0.3 is 0 Å². The molecule has 0 saturated heterocycles. The van der Waals surface area contributed by atoms with Gasteiger partial charge in [-0.25, -0.2) is 4.68 Å². The third-order valence-electron chi connectivity index (χ3n) is 3.16. The molecule has 0 amide bonds. The van der Waals surface area contributed by atoms with Crippen molar-refractivity contribution in [3.8, 4) is 11.4 Å². The Hall–Kier alpha value is -1.52. The molecule has 0 atom stereocenters. The molecule has 4 nitrogen and oxygen atoms in total. The van der Waals surface area contributed by atoms with Crippen LogP contribution in [0, 0.1) is 13.8 Å². The quantitative estimate of drug-likeness (QED) is 0.935. The molecule has 0 radical (unpaired) electrons. The van der Waals surface area contributed by atoms with Crippen LogP contribution in [0.25, 0.3) is 5.69 Å². The third-order valence-corrected chi connectivity index (χ3v) is 3.40. The van der Waals surface area contributed by atoms with E-state index in [4.69, 9.17) is 16.3 Å². The molecular formula is C14H18ClN3O. The molecule has 0 aliphatic carbocycles. The molecule has 0 aliphatic rings. The van der Waals surface area contributed by atoms with Gasteiger partial charge in [0.1, 0.15) is 11.4 Å². The van der Waals surface area contributed by atoms with Crippen molar-refractivity contribution in [1.82, 2.24) is 15.1 Å². The molecule has 0 saturated carbocycles. The fourth-order valence-corrected chi connectivity index (χ4v) is 2.34. The lowest BCUT2D eigenvalue weighted by atomic mass is 10.2. The van der Waals surface area contributed by atoms with Gasteiger partial charge in [0.25, 0.3) is 0 Å². The summed E-state index contributed by atoms with van der Waals surface area (Å²) in [5.41, 5.74) is 4.16. The molecule has 0 bridgehead atoms. The smallest absolute Gasteiger partial charge is 0.144 e. The summed E-state index contributed by atoms with van der Waals surface area (Å²) in [6.07, 6.45) is 0. The SMILES string of the molecule is CNCc1c(C)nn(-c2cc(Cl)ccc2OC)c1C. The lowest BCUT2D eigenvalue weighted by Crippen LogP contribution is -2.07. The summed E-state index contributed by atoms with van der Waals surface area (Å²) in [5, 5.41) is 8.41. The normalized spacial score (nSPS) is 10.8. The molecule has 0 aliphatic heterocycles. The Balaban J connectivity index is 2.59. The highest BCUT2D eigenvalue weighted by Crippen LogP contribution is 2.28. The van der Waals surface area contributed by atoms with Crippen LogP contribution < -0.4 is 10.1 Å². The second-order valence-corrected chi connectivity index (χ2v) is 4.84. The van der Waals surface area contributed by atoms with E-state index in [0.717, 1.165) is 29.4 Å². The number of aromatic nitrogens is 2. The average molecular weight is 280 g/mol. The second-order valence-electron chi connectivity index (χ2n) is 4.41. The molecule has 19 heavy (non-hydrogen) atoms. The highest BCUT2D eigenvalue weighted by atomic mass is 35.5. The largest absolute Gasteiger partial charge is 0.494 e. The lowest BCUT2D eigenvalue weighted by Gasteiger charge is -2.11. The molecule has 0 unspecified atom stereocenters. The van der Waals surface area contributed by atoms with Crippen molar-refractivity contribution in [3.63, 3.8) is 0 Å². The van der Waals surface area contributed by atoms with Gasteiger partial charge in [0.15, 0.2) is 0 Å². The zero-order chi connectivity index (χ0) is 14.0. The van der Waals surface area contributed by atoms with Crippen LogP contribution in [0.3, 0.4) is 0 Å². The zero-order valence-corrected chi connectivity index (χ0v) is 12.4. The first-order chi connectivity index (χ1) is 9.08. The molecule has 0 fully saturated rings. The van der Waals surface area contributed by atoms with Crippen LogP contribution in [0.1, 0.15) is 17.0 Å². The molecule has 1 heterocycles. The molecule has 1 N–H and O–H groups in total. The summed E-state index contributed by atoms with van der Waals surface area (Å²) in [5.74, 6) is 0.756. The first-order valence-electron chi connectivity index (χ1n) is 6.12. The van der Waals surface area contributed by atoms with E-state index in [-0.39, 0.29) is 0 Å². The zero-order valence-electron chi connectivity index (χ0n) is 11.6. The van der Waals surface area contributed by atoms with Crippen molar-refractivity contribution >= 4 is 11.6 Å². The van der Waals surface area contributed by atoms with Gasteiger partial charge in [-0.1, -0.05) is 11.6 Å². The number of methoxy groups -OCH3 is 1. The van der Waals surface area contributed by atoms with Gasteiger partial charge in [0.2, 0.25) is 0 Å². The number of ether oxygens (including phenoxy) is 1. The Bertz CT molecular complexity index is 593. The predicted molar refractivity (Wildman–Crippen MR) is 77.4 cm³/mol. The first kappa shape index (κ1) is 13.9. The van der Waals surface area contributed by atoms with Crippen molar-refractivity contribution in [3.05, 3.63) is 40.2 Å². The Morgan fingerprint density at radius 2 is 2.11 bits per heavy atom.